The monoisotopic (exact) mass is 456 g/mol. The van der Waals surface area contributed by atoms with Gasteiger partial charge in [-0.2, -0.15) is 0 Å². The molecule has 176 valence electrons. The van der Waals surface area contributed by atoms with E-state index in [9.17, 15) is 19.8 Å². The van der Waals surface area contributed by atoms with Crippen molar-refractivity contribution in [1.29, 1.82) is 0 Å². The summed E-state index contributed by atoms with van der Waals surface area (Å²) >= 11 is 0. The molecule has 1 aliphatic rings. The van der Waals surface area contributed by atoms with Crippen LogP contribution in [0, 0.1) is 0 Å². The molecular weight excluding hydrogens is 428 g/mol. The van der Waals surface area contributed by atoms with E-state index in [-0.39, 0.29) is 23.4 Å². The van der Waals surface area contributed by atoms with Crippen LogP contribution in [0.5, 0.6) is 23.0 Å². The Balaban J connectivity index is 2.26. The summed E-state index contributed by atoms with van der Waals surface area (Å²) in [5, 5.41) is 21.6. The van der Waals surface area contributed by atoms with Crippen molar-refractivity contribution in [3.05, 3.63) is 53.1 Å². The van der Waals surface area contributed by atoms with Gasteiger partial charge in [-0.15, -0.1) is 0 Å². The fourth-order valence-electron chi connectivity index (χ4n) is 3.85. The molecule has 0 aliphatic carbocycles. The maximum absolute atomic E-state index is 13.1. The van der Waals surface area contributed by atoms with Crippen LogP contribution in [0.1, 0.15) is 17.2 Å². The van der Waals surface area contributed by atoms with Crippen molar-refractivity contribution in [2.45, 2.75) is 6.04 Å². The number of amides is 1. The van der Waals surface area contributed by atoms with E-state index < -0.39 is 23.5 Å². The number of likely N-dealkylation sites (tertiary alicyclic amines) is 1. The topological polar surface area (TPSA) is 109 Å². The number of para-hydroxylation sites is 1. The van der Waals surface area contributed by atoms with Crippen LogP contribution in [0.4, 0.5) is 0 Å². The Morgan fingerprint density at radius 2 is 1.79 bits per heavy atom. The van der Waals surface area contributed by atoms with Crippen LogP contribution < -0.4 is 14.2 Å². The maximum atomic E-state index is 13.1. The minimum absolute atomic E-state index is 0.00766. The van der Waals surface area contributed by atoms with Gasteiger partial charge in [-0.25, -0.2) is 0 Å². The number of ketones is 1. The van der Waals surface area contributed by atoms with Gasteiger partial charge >= 0.3 is 0 Å². The number of likely N-dealkylation sites (N-methyl/N-ethyl adjacent to an activating group) is 1. The summed E-state index contributed by atoms with van der Waals surface area (Å²) < 4.78 is 16.0. The largest absolute Gasteiger partial charge is 0.507 e. The molecule has 1 atom stereocenters. The summed E-state index contributed by atoms with van der Waals surface area (Å²) in [6.45, 7) is 0.720. The highest BCUT2D eigenvalue weighted by Crippen LogP contribution is 2.46. The minimum Gasteiger partial charge on any atom is -0.507 e. The third kappa shape index (κ3) is 4.45. The second kappa shape index (κ2) is 9.83. The summed E-state index contributed by atoms with van der Waals surface area (Å²) in [6, 6.07) is 8.46. The molecule has 2 aromatic rings. The zero-order valence-electron chi connectivity index (χ0n) is 19.3. The third-order valence-corrected chi connectivity index (χ3v) is 5.52. The summed E-state index contributed by atoms with van der Waals surface area (Å²) in [5.74, 6) is -1.25. The summed E-state index contributed by atoms with van der Waals surface area (Å²) in [4.78, 5) is 29.5. The highest BCUT2D eigenvalue weighted by atomic mass is 16.5. The standard InChI is InChI=1S/C24H28N2O7/c1-25(2)11-12-26-20(16-7-6-8-18(32-4)23(16)33-5)19(22(29)24(26)30)21(28)15-10-9-14(31-3)13-17(15)27/h6-10,13,20,27-28H,11-12H2,1-5H3/t20-/m1/s1. The zero-order valence-corrected chi connectivity index (χ0v) is 19.3. The predicted molar refractivity (Wildman–Crippen MR) is 122 cm³/mol. The molecule has 9 heteroatoms. The van der Waals surface area contributed by atoms with E-state index in [0.29, 0.717) is 29.4 Å². The maximum Gasteiger partial charge on any atom is 0.295 e. The molecule has 0 saturated carbocycles. The smallest absolute Gasteiger partial charge is 0.295 e. The number of hydrogen-bond acceptors (Lipinski definition) is 8. The Morgan fingerprint density at radius 3 is 2.36 bits per heavy atom. The first-order chi connectivity index (χ1) is 15.7. The molecule has 0 unspecified atom stereocenters. The average molecular weight is 456 g/mol. The molecule has 0 radical (unpaired) electrons. The van der Waals surface area contributed by atoms with Crippen molar-refractivity contribution in [2.75, 3.05) is 48.5 Å². The van der Waals surface area contributed by atoms with E-state index in [1.54, 1.807) is 18.2 Å². The number of phenols is 1. The van der Waals surface area contributed by atoms with Crippen LogP contribution in [0.15, 0.2) is 42.0 Å². The highest BCUT2D eigenvalue weighted by molar-refractivity contribution is 6.46. The number of aromatic hydroxyl groups is 1. The first-order valence-electron chi connectivity index (χ1n) is 10.3. The molecule has 1 fully saturated rings. The van der Waals surface area contributed by atoms with Crippen molar-refractivity contribution < 1.29 is 34.0 Å². The van der Waals surface area contributed by atoms with Gasteiger partial charge in [0.05, 0.1) is 38.5 Å². The van der Waals surface area contributed by atoms with Crippen molar-refractivity contribution >= 4 is 17.4 Å². The van der Waals surface area contributed by atoms with Gasteiger partial charge in [0.1, 0.15) is 17.3 Å². The lowest BCUT2D eigenvalue weighted by molar-refractivity contribution is -0.140. The Bertz CT molecular complexity index is 1090. The van der Waals surface area contributed by atoms with Gasteiger partial charge in [-0.05, 0) is 32.3 Å². The number of carbonyl (C=O) groups excluding carboxylic acids is 2. The molecule has 3 rings (SSSR count). The van der Waals surface area contributed by atoms with E-state index in [1.165, 1.54) is 44.4 Å². The normalized spacial score (nSPS) is 17.5. The van der Waals surface area contributed by atoms with E-state index in [1.807, 2.05) is 19.0 Å². The molecular formula is C24H28N2O7. The molecule has 0 bridgehead atoms. The fraction of sp³-hybridized carbons (Fsp3) is 0.333. The lowest BCUT2D eigenvalue weighted by Gasteiger charge is -2.28. The van der Waals surface area contributed by atoms with Gasteiger partial charge in [0.15, 0.2) is 11.5 Å². The number of benzene rings is 2. The quantitative estimate of drug-likeness (QED) is 0.354. The van der Waals surface area contributed by atoms with Gasteiger partial charge < -0.3 is 34.2 Å². The Kier molecular flexibility index (Phi) is 7.13. The van der Waals surface area contributed by atoms with Crippen LogP contribution in [0.2, 0.25) is 0 Å². The lowest BCUT2D eigenvalue weighted by atomic mass is 9.94. The SMILES string of the molecule is COc1ccc(C(O)=C2C(=O)C(=O)N(CCN(C)C)[C@@H]2c2cccc(OC)c2OC)c(O)c1. The van der Waals surface area contributed by atoms with Crippen LogP contribution in [-0.2, 0) is 9.59 Å². The highest BCUT2D eigenvalue weighted by Gasteiger charge is 2.47. The second-order valence-electron chi connectivity index (χ2n) is 7.76. The van der Waals surface area contributed by atoms with Gasteiger partial charge in [0, 0.05) is 24.7 Å². The summed E-state index contributed by atoms with van der Waals surface area (Å²) in [5.41, 5.74) is 0.336. The van der Waals surface area contributed by atoms with Crippen LogP contribution in [0.3, 0.4) is 0 Å². The molecule has 1 aliphatic heterocycles. The first kappa shape index (κ1) is 23.9. The van der Waals surface area contributed by atoms with Gasteiger partial charge in [0.2, 0.25) is 0 Å². The van der Waals surface area contributed by atoms with E-state index in [2.05, 4.69) is 0 Å². The second-order valence-corrected chi connectivity index (χ2v) is 7.76. The number of nitrogens with zero attached hydrogens (tertiary/aromatic N) is 2. The summed E-state index contributed by atoms with van der Waals surface area (Å²) in [7, 11) is 8.10. The number of Topliss-reactive ketones (excluding diaryl/α,β-unsaturated/α-hetero) is 1. The zero-order chi connectivity index (χ0) is 24.3. The minimum atomic E-state index is -0.948. The molecule has 1 amide bonds. The average Bonchev–Trinajstić information content (AvgIpc) is 3.06. The molecule has 2 aromatic carbocycles. The molecule has 0 aromatic heterocycles. The van der Waals surface area contributed by atoms with Gasteiger partial charge in [0.25, 0.3) is 11.7 Å². The van der Waals surface area contributed by atoms with Crippen LogP contribution in [-0.4, -0.2) is 80.2 Å². The third-order valence-electron chi connectivity index (χ3n) is 5.52. The van der Waals surface area contributed by atoms with Crippen molar-refractivity contribution in [3.63, 3.8) is 0 Å². The molecule has 9 nitrogen and oxygen atoms in total. The van der Waals surface area contributed by atoms with E-state index in [4.69, 9.17) is 14.2 Å². The van der Waals surface area contributed by atoms with Crippen LogP contribution in [0.25, 0.3) is 5.76 Å². The van der Waals surface area contributed by atoms with Crippen molar-refractivity contribution in [2.24, 2.45) is 0 Å². The van der Waals surface area contributed by atoms with E-state index in [0.717, 1.165) is 0 Å². The number of aliphatic hydroxyl groups excluding tert-OH is 1. The number of hydrogen-bond donors (Lipinski definition) is 2. The Labute approximate surface area is 192 Å². The molecule has 2 N–H and O–H groups in total. The van der Waals surface area contributed by atoms with Gasteiger partial charge in [-0.1, -0.05) is 12.1 Å². The van der Waals surface area contributed by atoms with E-state index >= 15 is 0 Å². The number of methoxy groups -OCH3 is 3. The first-order valence-corrected chi connectivity index (χ1v) is 10.3. The number of rotatable bonds is 8. The lowest BCUT2D eigenvalue weighted by Crippen LogP contribution is -2.35. The molecule has 33 heavy (non-hydrogen) atoms. The number of aliphatic hydroxyl groups is 1. The Morgan fingerprint density at radius 1 is 1.06 bits per heavy atom. The number of ether oxygens (including phenoxy) is 3. The number of carbonyl (C=O) groups is 2. The Hall–Kier alpha value is -3.72. The fourth-order valence-corrected chi connectivity index (χ4v) is 3.85. The molecule has 0 spiro atoms. The van der Waals surface area contributed by atoms with Crippen molar-refractivity contribution in [3.8, 4) is 23.0 Å². The van der Waals surface area contributed by atoms with Crippen molar-refractivity contribution in [1.82, 2.24) is 9.80 Å². The van der Waals surface area contributed by atoms with Crippen LogP contribution >= 0.6 is 0 Å². The molecule has 1 saturated heterocycles. The van der Waals surface area contributed by atoms with Gasteiger partial charge in [-0.3, -0.25) is 9.59 Å². The molecule has 1 heterocycles. The summed E-state index contributed by atoms with van der Waals surface area (Å²) in [6.07, 6.45) is 0. The predicted octanol–water partition coefficient (Wildman–Crippen LogP) is 2.40. The number of phenolic OH excluding ortho intramolecular Hbond substituents is 1.